The van der Waals surface area contributed by atoms with Crippen LogP contribution >= 0.6 is 11.6 Å². The van der Waals surface area contributed by atoms with Crippen LogP contribution in [-0.2, 0) is 11.3 Å². The van der Waals surface area contributed by atoms with Gasteiger partial charge in [-0.3, -0.25) is 0 Å². The van der Waals surface area contributed by atoms with E-state index >= 15 is 0 Å². The lowest BCUT2D eigenvalue weighted by Crippen LogP contribution is -2.08. The predicted octanol–water partition coefficient (Wildman–Crippen LogP) is 2.57. The molecule has 0 spiro atoms. The topological polar surface area (TPSA) is 53.7 Å². The summed E-state index contributed by atoms with van der Waals surface area (Å²) in [5, 5.41) is 0.624. The van der Waals surface area contributed by atoms with Crippen molar-refractivity contribution < 1.29 is 14.3 Å². The zero-order valence-corrected chi connectivity index (χ0v) is 11.1. The Hall–Kier alpha value is -0.970. The lowest BCUT2D eigenvalue weighted by Gasteiger charge is -2.15. The van der Waals surface area contributed by atoms with E-state index in [4.69, 9.17) is 27.0 Å². The van der Waals surface area contributed by atoms with E-state index < -0.39 is 0 Å². The maximum absolute atomic E-state index is 6.15. The van der Waals surface area contributed by atoms with Gasteiger partial charge in [-0.15, -0.1) is 0 Å². The molecule has 0 amide bonds. The number of hydrogen-bond acceptors (Lipinski definition) is 4. The van der Waals surface area contributed by atoms with Crippen molar-refractivity contribution in [1.82, 2.24) is 0 Å². The van der Waals surface area contributed by atoms with Crippen molar-refractivity contribution >= 4 is 11.6 Å². The molecule has 0 aliphatic carbocycles. The summed E-state index contributed by atoms with van der Waals surface area (Å²) in [7, 11) is 1.60. The van der Waals surface area contributed by atoms with Gasteiger partial charge in [-0.1, -0.05) is 11.6 Å². The molecule has 0 bridgehead atoms. The Bertz CT molecular complexity index is 369. The van der Waals surface area contributed by atoms with Gasteiger partial charge in [0.25, 0.3) is 0 Å². The van der Waals surface area contributed by atoms with Crippen LogP contribution in [0.4, 0.5) is 0 Å². The number of hydrogen-bond donors (Lipinski definition) is 1. The van der Waals surface area contributed by atoms with Gasteiger partial charge in [0.2, 0.25) is 0 Å². The van der Waals surface area contributed by atoms with Crippen molar-refractivity contribution in [2.45, 2.75) is 26.4 Å². The highest BCUT2D eigenvalue weighted by atomic mass is 35.5. The molecule has 0 aromatic heterocycles. The number of nitrogens with two attached hydrogens (primary N) is 1. The molecule has 0 saturated carbocycles. The maximum atomic E-state index is 6.15. The zero-order valence-electron chi connectivity index (χ0n) is 10.3. The molecule has 0 saturated heterocycles. The van der Waals surface area contributed by atoms with Gasteiger partial charge in [-0.05, 0) is 31.9 Å². The van der Waals surface area contributed by atoms with Crippen LogP contribution < -0.4 is 15.4 Å². The number of halogens is 1. The van der Waals surface area contributed by atoms with E-state index in [0.717, 1.165) is 5.56 Å². The molecular weight excluding hydrogens is 242 g/mol. The molecule has 17 heavy (non-hydrogen) atoms. The van der Waals surface area contributed by atoms with Crippen LogP contribution in [0.25, 0.3) is 0 Å². The summed E-state index contributed by atoms with van der Waals surface area (Å²) in [6.45, 7) is 4.31. The summed E-state index contributed by atoms with van der Waals surface area (Å²) in [6.07, 6.45) is 0.700. The fourth-order valence-electron chi connectivity index (χ4n) is 1.44. The van der Waals surface area contributed by atoms with Crippen LogP contribution in [-0.4, -0.2) is 19.8 Å². The summed E-state index contributed by atoms with van der Waals surface area (Å²) in [5.74, 6) is 6.30. The van der Waals surface area contributed by atoms with Crippen molar-refractivity contribution in [1.29, 1.82) is 0 Å². The molecule has 2 N–H and O–H groups in total. The van der Waals surface area contributed by atoms with Crippen molar-refractivity contribution in [3.05, 3.63) is 22.7 Å². The molecule has 5 heteroatoms. The van der Waals surface area contributed by atoms with E-state index in [1.54, 1.807) is 13.2 Å². The van der Waals surface area contributed by atoms with Crippen molar-refractivity contribution in [3.8, 4) is 11.5 Å². The van der Waals surface area contributed by atoms with Gasteiger partial charge in [-0.25, -0.2) is 5.90 Å². The molecule has 1 rings (SSSR count). The smallest absolute Gasteiger partial charge is 0.163 e. The van der Waals surface area contributed by atoms with Crippen LogP contribution in [0.5, 0.6) is 11.5 Å². The third-order valence-electron chi connectivity index (χ3n) is 2.18. The van der Waals surface area contributed by atoms with Crippen molar-refractivity contribution in [2.24, 2.45) is 5.90 Å². The second-order valence-corrected chi connectivity index (χ2v) is 4.29. The highest BCUT2D eigenvalue weighted by molar-refractivity contribution is 6.31. The lowest BCUT2D eigenvalue weighted by atomic mass is 10.1. The zero-order chi connectivity index (χ0) is 12.8. The highest BCUT2D eigenvalue weighted by Gasteiger charge is 2.11. The standard InChI is InChI=1S/C12H18ClNO3/c1-8(2)17-12-7-10(13)9(4-5-16-14)6-11(12)15-3/h6-8H,4-5,14H2,1-3H3. The van der Waals surface area contributed by atoms with Crippen molar-refractivity contribution in [2.75, 3.05) is 13.7 Å². The predicted molar refractivity (Wildman–Crippen MR) is 67.6 cm³/mol. The summed E-state index contributed by atoms with van der Waals surface area (Å²) in [4.78, 5) is 4.54. The van der Waals surface area contributed by atoms with E-state index in [1.165, 1.54) is 0 Å². The van der Waals surface area contributed by atoms with Gasteiger partial charge >= 0.3 is 0 Å². The van der Waals surface area contributed by atoms with Gasteiger partial charge < -0.3 is 14.3 Å². The van der Waals surface area contributed by atoms with E-state index in [9.17, 15) is 0 Å². The van der Waals surface area contributed by atoms with Crippen LogP contribution in [0.2, 0.25) is 5.02 Å². The normalized spacial score (nSPS) is 10.7. The van der Waals surface area contributed by atoms with Crippen LogP contribution in [0, 0.1) is 0 Å². The monoisotopic (exact) mass is 259 g/mol. The molecule has 96 valence electrons. The molecule has 0 fully saturated rings. The number of methoxy groups -OCH3 is 1. The van der Waals surface area contributed by atoms with Crippen LogP contribution in [0.1, 0.15) is 19.4 Å². The van der Waals surface area contributed by atoms with E-state index in [0.29, 0.717) is 29.5 Å². The number of ether oxygens (including phenoxy) is 2. The van der Waals surface area contributed by atoms with Crippen LogP contribution in [0.3, 0.4) is 0 Å². The molecule has 4 nitrogen and oxygen atoms in total. The number of benzene rings is 1. The maximum Gasteiger partial charge on any atom is 0.163 e. The first-order valence-electron chi connectivity index (χ1n) is 5.43. The van der Waals surface area contributed by atoms with Gasteiger partial charge in [0.15, 0.2) is 11.5 Å². The minimum atomic E-state index is 0.0678. The van der Waals surface area contributed by atoms with Crippen LogP contribution in [0.15, 0.2) is 12.1 Å². The Kier molecular flexibility index (Phi) is 5.55. The molecule has 0 aliphatic heterocycles. The Labute approximate surface area is 107 Å². The Morgan fingerprint density at radius 3 is 2.53 bits per heavy atom. The second kappa shape index (κ2) is 6.69. The summed E-state index contributed by atoms with van der Waals surface area (Å²) in [5.41, 5.74) is 0.921. The van der Waals surface area contributed by atoms with Crippen molar-refractivity contribution in [3.63, 3.8) is 0 Å². The van der Waals surface area contributed by atoms with E-state index in [2.05, 4.69) is 4.84 Å². The van der Waals surface area contributed by atoms with Gasteiger partial charge in [0.1, 0.15) is 0 Å². The Balaban J connectivity index is 2.97. The third kappa shape index (κ3) is 4.07. The quantitative estimate of drug-likeness (QED) is 0.798. The first-order valence-corrected chi connectivity index (χ1v) is 5.81. The largest absolute Gasteiger partial charge is 0.493 e. The van der Waals surface area contributed by atoms with Gasteiger partial charge in [0, 0.05) is 11.1 Å². The molecular formula is C12H18ClNO3. The second-order valence-electron chi connectivity index (χ2n) is 3.88. The molecule has 0 radical (unpaired) electrons. The van der Waals surface area contributed by atoms with E-state index in [-0.39, 0.29) is 6.10 Å². The minimum Gasteiger partial charge on any atom is -0.493 e. The molecule has 0 heterocycles. The summed E-state index contributed by atoms with van der Waals surface area (Å²) >= 11 is 6.15. The first kappa shape index (κ1) is 14.1. The van der Waals surface area contributed by atoms with Gasteiger partial charge in [0.05, 0.1) is 19.8 Å². The number of rotatable bonds is 6. The molecule has 0 aliphatic rings. The Morgan fingerprint density at radius 1 is 1.29 bits per heavy atom. The third-order valence-corrected chi connectivity index (χ3v) is 2.54. The fraction of sp³-hybridized carbons (Fsp3) is 0.500. The minimum absolute atomic E-state index is 0.0678. The molecule has 0 atom stereocenters. The highest BCUT2D eigenvalue weighted by Crippen LogP contribution is 2.34. The average Bonchev–Trinajstić information content (AvgIpc) is 2.27. The molecule has 1 aromatic carbocycles. The average molecular weight is 260 g/mol. The fourth-order valence-corrected chi connectivity index (χ4v) is 1.69. The molecule has 1 aromatic rings. The SMILES string of the molecule is COc1cc(CCON)c(Cl)cc1OC(C)C. The first-order chi connectivity index (χ1) is 8.08. The summed E-state index contributed by atoms with van der Waals surface area (Å²) < 4.78 is 10.9. The summed E-state index contributed by atoms with van der Waals surface area (Å²) in [6, 6.07) is 3.60. The lowest BCUT2D eigenvalue weighted by molar-refractivity contribution is 0.141. The van der Waals surface area contributed by atoms with E-state index in [1.807, 2.05) is 19.9 Å². The van der Waals surface area contributed by atoms with Gasteiger partial charge in [-0.2, -0.15) is 0 Å². The molecule has 0 unspecified atom stereocenters. The Morgan fingerprint density at radius 2 is 2.00 bits per heavy atom.